The average molecular weight is 496 g/mol. The summed E-state index contributed by atoms with van der Waals surface area (Å²) in [6.45, 7) is 5.45. The summed E-state index contributed by atoms with van der Waals surface area (Å²) in [5.74, 6) is 0.205. The van der Waals surface area contributed by atoms with Crippen molar-refractivity contribution in [2.75, 3.05) is 0 Å². The summed E-state index contributed by atoms with van der Waals surface area (Å²) in [5, 5.41) is 0.912. The second-order valence-electron chi connectivity index (χ2n) is 9.20. The predicted molar refractivity (Wildman–Crippen MR) is 133 cm³/mol. The Bertz CT molecular complexity index is 1680. The fourth-order valence-corrected chi connectivity index (χ4v) is 4.60. The minimum Gasteiger partial charge on any atom is -0.368 e. The molecule has 35 heavy (non-hydrogen) atoms. The molecule has 1 aromatic carbocycles. The van der Waals surface area contributed by atoms with Crippen molar-refractivity contribution in [3.05, 3.63) is 67.1 Å². The van der Waals surface area contributed by atoms with Crippen LogP contribution in [0, 0.1) is 0 Å². The molecule has 0 aliphatic rings. The summed E-state index contributed by atoms with van der Waals surface area (Å²) in [7, 11) is 2.94. The van der Waals surface area contributed by atoms with Crippen molar-refractivity contribution < 1.29 is 4.79 Å². The summed E-state index contributed by atoms with van der Waals surface area (Å²) in [6.07, 6.45) is 0. The Labute approximate surface area is 203 Å². The summed E-state index contributed by atoms with van der Waals surface area (Å²) >= 11 is 1.18. The molecule has 0 saturated heterocycles. The smallest absolute Gasteiger partial charge is 0.332 e. The van der Waals surface area contributed by atoms with Crippen molar-refractivity contribution >= 4 is 39.6 Å². The lowest BCUT2D eigenvalue weighted by Crippen LogP contribution is -2.38. The Balaban J connectivity index is 1.92. The number of nitrogens with two attached hydrogens (primary N) is 1. The number of amides is 1. The van der Waals surface area contributed by atoms with E-state index in [9.17, 15) is 19.2 Å². The molecule has 0 bridgehead atoms. The van der Waals surface area contributed by atoms with Gasteiger partial charge in [-0.05, 0) is 12.1 Å². The first kappa shape index (κ1) is 24.3. The highest BCUT2D eigenvalue weighted by atomic mass is 32.2. The number of rotatable bonds is 5. The number of nitrogens with zero attached hydrogens (tertiary/aromatic N) is 6. The van der Waals surface area contributed by atoms with Gasteiger partial charge in [0.25, 0.3) is 11.1 Å². The number of fused-ring (bicyclic) bond motifs is 2. The standard InChI is InChI=1S/C23H25N7O4S/c1-23(2,3)21-26-17-16(20(33)29(5)22(34)28(17)4)18(27-21)35-11-15-25-13-9-7-6-8-12(13)19(32)30(15)10-14(24)31/h6-9H,10-11H2,1-5H3,(H2,24,31). The largest absolute Gasteiger partial charge is 0.368 e. The summed E-state index contributed by atoms with van der Waals surface area (Å²) in [5.41, 5.74) is 4.23. The molecule has 0 aliphatic heterocycles. The Morgan fingerprint density at radius 2 is 1.69 bits per heavy atom. The predicted octanol–water partition coefficient (Wildman–Crippen LogP) is 0.812. The normalized spacial score (nSPS) is 11.9. The quantitative estimate of drug-likeness (QED) is 0.316. The Kier molecular flexibility index (Phi) is 6.09. The zero-order valence-corrected chi connectivity index (χ0v) is 20.8. The van der Waals surface area contributed by atoms with Gasteiger partial charge in [-0.2, -0.15) is 0 Å². The number of aromatic nitrogens is 6. The van der Waals surface area contributed by atoms with Crippen LogP contribution in [0.5, 0.6) is 0 Å². The van der Waals surface area contributed by atoms with E-state index in [1.807, 2.05) is 20.8 Å². The molecular weight excluding hydrogens is 470 g/mol. The molecule has 4 rings (SSSR count). The third kappa shape index (κ3) is 4.36. The number of aryl methyl sites for hydroxylation is 1. The van der Waals surface area contributed by atoms with Gasteiger partial charge < -0.3 is 5.73 Å². The van der Waals surface area contributed by atoms with Crippen LogP contribution in [-0.4, -0.2) is 34.6 Å². The van der Waals surface area contributed by atoms with E-state index in [1.54, 1.807) is 31.3 Å². The maximum Gasteiger partial charge on any atom is 0.332 e. The second-order valence-corrected chi connectivity index (χ2v) is 10.2. The molecule has 0 spiro atoms. The summed E-state index contributed by atoms with van der Waals surface area (Å²) in [6, 6.07) is 6.83. The highest BCUT2D eigenvalue weighted by Crippen LogP contribution is 2.29. The SMILES string of the molecule is Cn1c(=O)c2c(SCc3nc4ccccc4c(=O)n3CC(N)=O)nc(C(C)(C)C)nc2n(C)c1=O. The van der Waals surface area contributed by atoms with Gasteiger partial charge >= 0.3 is 5.69 Å². The molecule has 0 saturated carbocycles. The van der Waals surface area contributed by atoms with Crippen LogP contribution in [0.3, 0.4) is 0 Å². The number of thioether (sulfide) groups is 1. The van der Waals surface area contributed by atoms with E-state index in [4.69, 9.17) is 5.73 Å². The molecule has 0 atom stereocenters. The first-order valence-electron chi connectivity index (χ1n) is 10.8. The molecule has 12 heteroatoms. The molecule has 2 N–H and O–H groups in total. The van der Waals surface area contributed by atoms with E-state index in [0.29, 0.717) is 27.6 Å². The van der Waals surface area contributed by atoms with E-state index in [1.165, 1.54) is 27.9 Å². The van der Waals surface area contributed by atoms with Crippen LogP contribution in [-0.2, 0) is 36.6 Å². The summed E-state index contributed by atoms with van der Waals surface area (Å²) < 4.78 is 3.55. The molecule has 1 amide bonds. The molecule has 4 aromatic rings. The van der Waals surface area contributed by atoms with Crippen LogP contribution in [0.15, 0.2) is 43.7 Å². The van der Waals surface area contributed by atoms with Gasteiger partial charge in [-0.15, -0.1) is 0 Å². The van der Waals surface area contributed by atoms with Gasteiger partial charge in [-0.25, -0.2) is 19.7 Å². The van der Waals surface area contributed by atoms with E-state index in [0.717, 1.165) is 4.57 Å². The van der Waals surface area contributed by atoms with Gasteiger partial charge in [-0.3, -0.25) is 28.1 Å². The molecule has 182 valence electrons. The first-order chi connectivity index (χ1) is 16.4. The van der Waals surface area contributed by atoms with Crippen LogP contribution in [0.4, 0.5) is 0 Å². The number of benzene rings is 1. The first-order valence-corrected chi connectivity index (χ1v) is 11.8. The lowest BCUT2D eigenvalue weighted by atomic mass is 9.96. The van der Waals surface area contributed by atoms with Crippen LogP contribution >= 0.6 is 11.8 Å². The molecule has 11 nitrogen and oxygen atoms in total. The number of para-hydroxylation sites is 1. The molecule has 0 aliphatic carbocycles. The van der Waals surface area contributed by atoms with Crippen LogP contribution in [0.1, 0.15) is 32.4 Å². The molecular formula is C23H25N7O4S. The fourth-order valence-electron chi connectivity index (χ4n) is 3.64. The minimum atomic E-state index is -0.679. The monoisotopic (exact) mass is 495 g/mol. The summed E-state index contributed by atoms with van der Waals surface area (Å²) in [4.78, 5) is 64.1. The molecule has 3 aromatic heterocycles. The lowest BCUT2D eigenvalue weighted by molar-refractivity contribution is -0.118. The van der Waals surface area contributed by atoms with Gasteiger partial charge in [0.05, 0.1) is 16.7 Å². The maximum atomic E-state index is 13.1. The van der Waals surface area contributed by atoms with E-state index in [2.05, 4.69) is 15.0 Å². The maximum absolute atomic E-state index is 13.1. The Morgan fingerprint density at radius 1 is 1.00 bits per heavy atom. The highest BCUT2D eigenvalue weighted by molar-refractivity contribution is 7.98. The van der Waals surface area contributed by atoms with Gasteiger partial charge in [0.1, 0.15) is 28.6 Å². The van der Waals surface area contributed by atoms with E-state index < -0.39 is 22.6 Å². The van der Waals surface area contributed by atoms with Crippen molar-refractivity contribution in [2.24, 2.45) is 19.8 Å². The topological polar surface area (TPSA) is 148 Å². The van der Waals surface area contributed by atoms with Crippen molar-refractivity contribution in [3.8, 4) is 0 Å². The molecule has 0 unspecified atom stereocenters. The molecule has 3 heterocycles. The van der Waals surface area contributed by atoms with Gasteiger partial charge in [0.15, 0.2) is 5.65 Å². The van der Waals surface area contributed by atoms with E-state index >= 15 is 0 Å². The van der Waals surface area contributed by atoms with Crippen LogP contribution in [0.25, 0.3) is 21.9 Å². The zero-order valence-electron chi connectivity index (χ0n) is 20.0. The van der Waals surface area contributed by atoms with Gasteiger partial charge in [0, 0.05) is 19.5 Å². The van der Waals surface area contributed by atoms with Crippen molar-refractivity contribution in [1.82, 2.24) is 28.7 Å². The molecule has 0 fully saturated rings. The number of hydrogen-bond donors (Lipinski definition) is 1. The number of carbonyl (C=O) groups is 1. The average Bonchev–Trinajstić information content (AvgIpc) is 2.80. The number of carbonyl (C=O) groups excluding carboxylic acids is 1. The van der Waals surface area contributed by atoms with Gasteiger partial charge in [-0.1, -0.05) is 44.7 Å². The van der Waals surface area contributed by atoms with Crippen LogP contribution < -0.4 is 22.5 Å². The van der Waals surface area contributed by atoms with Gasteiger partial charge in [0.2, 0.25) is 5.91 Å². The van der Waals surface area contributed by atoms with E-state index in [-0.39, 0.29) is 28.9 Å². The van der Waals surface area contributed by atoms with Crippen molar-refractivity contribution in [1.29, 1.82) is 0 Å². The van der Waals surface area contributed by atoms with Crippen LogP contribution in [0.2, 0.25) is 0 Å². The Morgan fingerprint density at radius 3 is 2.34 bits per heavy atom. The van der Waals surface area contributed by atoms with Crippen molar-refractivity contribution in [2.45, 2.75) is 43.5 Å². The fraction of sp³-hybridized carbons (Fsp3) is 0.348. The highest BCUT2D eigenvalue weighted by Gasteiger charge is 2.24. The minimum absolute atomic E-state index is 0.120. The Hall–Kier alpha value is -3.80. The third-order valence-corrected chi connectivity index (χ3v) is 6.50. The molecule has 0 radical (unpaired) electrons. The second kappa shape index (κ2) is 8.77. The van der Waals surface area contributed by atoms with Crippen molar-refractivity contribution in [3.63, 3.8) is 0 Å². The third-order valence-electron chi connectivity index (χ3n) is 5.53. The number of hydrogen-bond acceptors (Lipinski definition) is 8. The zero-order chi connectivity index (χ0) is 25.7. The lowest BCUT2D eigenvalue weighted by Gasteiger charge is -2.19. The number of primary amides is 1.